The van der Waals surface area contributed by atoms with Crippen molar-refractivity contribution in [1.29, 1.82) is 0 Å². The summed E-state index contributed by atoms with van der Waals surface area (Å²) in [6.45, 7) is 9.32. The lowest BCUT2D eigenvalue weighted by Gasteiger charge is -2.35. The molecule has 22 heavy (non-hydrogen) atoms. The van der Waals surface area contributed by atoms with Crippen LogP contribution in [0.25, 0.3) is 0 Å². The molecule has 0 aliphatic carbocycles. The molecule has 1 aliphatic rings. The molecule has 2 rings (SSSR count). The minimum atomic E-state index is -0.481. The lowest BCUT2D eigenvalue weighted by atomic mass is 10.0. The van der Waals surface area contributed by atoms with Crippen LogP contribution >= 0.6 is 0 Å². The largest absolute Gasteiger partial charge is 0.444 e. The fourth-order valence-corrected chi connectivity index (χ4v) is 2.52. The number of amides is 1. The Balaban J connectivity index is 2.00. The number of hydrogen-bond acceptors (Lipinski definition) is 4. The zero-order valence-electron chi connectivity index (χ0n) is 13.7. The highest BCUT2D eigenvalue weighted by Crippen LogP contribution is 2.21. The number of hydrogen-bond donors (Lipinski definition) is 1. The maximum Gasteiger partial charge on any atom is 0.407 e. The van der Waals surface area contributed by atoms with Gasteiger partial charge in [0.05, 0.1) is 19.3 Å². The van der Waals surface area contributed by atoms with Crippen LogP contribution in [0.1, 0.15) is 32.4 Å². The average Bonchev–Trinajstić information content (AvgIpc) is 2.48. The minimum Gasteiger partial charge on any atom is -0.444 e. The SMILES string of the molecule is CC(C)(C)OC(=O)NC[C@@H](c1ccccc1)N1CCOCC1. The first-order valence-electron chi connectivity index (χ1n) is 7.79. The molecule has 1 N–H and O–H groups in total. The molecule has 1 heterocycles. The molecule has 0 bridgehead atoms. The van der Waals surface area contributed by atoms with Crippen molar-refractivity contribution in [3.05, 3.63) is 35.9 Å². The molecule has 0 saturated carbocycles. The zero-order chi connectivity index (χ0) is 16.0. The molecule has 0 radical (unpaired) electrons. The summed E-state index contributed by atoms with van der Waals surface area (Å²) in [6, 6.07) is 10.4. The summed E-state index contributed by atoms with van der Waals surface area (Å²) < 4.78 is 10.7. The smallest absolute Gasteiger partial charge is 0.407 e. The van der Waals surface area contributed by atoms with Gasteiger partial charge in [0.25, 0.3) is 0 Å². The summed E-state index contributed by atoms with van der Waals surface area (Å²) in [7, 11) is 0. The standard InChI is InChI=1S/C17H26N2O3/c1-17(2,3)22-16(20)18-13-15(14-7-5-4-6-8-14)19-9-11-21-12-10-19/h4-8,15H,9-13H2,1-3H3,(H,18,20)/t15-/m0/s1. The summed E-state index contributed by atoms with van der Waals surface area (Å²) in [5, 5.41) is 2.89. The lowest BCUT2D eigenvalue weighted by Crippen LogP contribution is -2.44. The Hall–Kier alpha value is -1.59. The molecule has 1 atom stereocenters. The Kier molecular flexibility index (Phi) is 5.80. The number of carbonyl (C=O) groups excluding carboxylic acids is 1. The van der Waals surface area contributed by atoms with Gasteiger partial charge < -0.3 is 14.8 Å². The molecule has 1 saturated heterocycles. The van der Waals surface area contributed by atoms with E-state index in [0.717, 1.165) is 26.3 Å². The molecule has 0 spiro atoms. The van der Waals surface area contributed by atoms with Crippen LogP contribution in [0.15, 0.2) is 30.3 Å². The Morgan fingerprint density at radius 1 is 1.27 bits per heavy atom. The summed E-state index contributed by atoms with van der Waals surface area (Å²) in [6.07, 6.45) is -0.373. The van der Waals surface area contributed by atoms with Gasteiger partial charge in [-0.05, 0) is 26.3 Å². The quantitative estimate of drug-likeness (QED) is 0.929. The van der Waals surface area contributed by atoms with Crippen molar-refractivity contribution in [2.45, 2.75) is 32.4 Å². The zero-order valence-corrected chi connectivity index (χ0v) is 13.7. The predicted octanol–water partition coefficient (Wildman–Crippen LogP) is 2.58. The van der Waals surface area contributed by atoms with Gasteiger partial charge >= 0.3 is 6.09 Å². The molecule has 1 amide bonds. The lowest BCUT2D eigenvalue weighted by molar-refractivity contribution is 0.0140. The van der Waals surface area contributed by atoms with Gasteiger partial charge in [0.15, 0.2) is 0 Å². The van der Waals surface area contributed by atoms with Crippen molar-refractivity contribution in [1.82, 2.24) is 10.2 Å². The summed E-state index contributed by atoms with van der Waals surface area (Å²) in [5.41, 5.74) is 0.714. The van der Waals surface area contributed by atoms with E-state index in [-0.39, 0.29) is 12.1 Å². The number of nitrogens with one attached hydrogen (secondary N) is 1. The molecule has 1 aromatic rings. The van der Waals surface area contributed by atoms with E-state index in [1.807, 2.05) is 39.0 Å². The van der Waals surface area contributed by atoms with E-state index in [0.29, 0.717) is 6.54 Å². The van der Waals surface area contributed by atoms with Gasteiger partial charge in [-0.3, -0.25) is 4.90 Å². The molecule has 122 valence electrons. The first kappa shape index (κ1) is 16.8. The van der Waals surface area contributed by atoms with Crippen LogP contribution in [0.3, 0.4) is 0 Å². The number of carbonyl (C=O) groups is 1. The summed E-state index contributed by atoms with van der Waals surface area (Å²) in [5.74, 6) is 0. The summed E-state index contributed by atoms with van der Waals surface area (Å²) >= 11 is 0. The van der Waals surface area contributed by atoms with Crippen molar-refractivity contribution in [3.8, 4) is 0 Å². The van der Waals surface area contributed by atoms with E-state index in [9.17, 15) is 4.79 Å². The Morgan fingerprint density at radius 3 is 2.50 bits per heavy atom. The van der Waals surface area contributed by atoms with Gasteiger partial charge in [0.2, 0.25) is 0 Å². The fourth-order valence-electron chi connectivity index (χ4n) is 2.52. The Bertz CT molecular complexity index is 465. The van der Waals surface area contributed by atoms with Crippen LogP contribution in [0.5, 0.6) is 0 Å². The highest BCUT2D eigenvalue weighted by Gasteiger charge is 2.24. The van der Waals surface area contributed by atoms with Crippen molar-refractivity contribution in [2.24, 2.45) is 0 Å². The highest BCUT2D eigenvalue weighted by atomic mass is 16.6. The van der Waals surface area contributed by atoms with E-state index < -0.39 is 5.60 Å². The molecule has 5 nitrogen and oxygen atoms in total. The van der Waals surface area contributed by atoms with E-state index in [2.05, 4.69) is 22.3 Å². The molecular formula is C17H26N2O3. The van der Waals surface area contributed by atoms with Crippen molar-refractivity contribution in [3.63, 3.8) is 0 Å². The van der Waals surface area contributed by atoms with E-state index in [1.165, 1.54) is 5.56 Å². The topological polar surface area (TPSA) is 50.8 Å². The van der Waals surface area contributed by atoms with Crippen LogP contribution in [-0.4, -0.2) is 49.4 Å². The van der Waals surface area contributed by atoms with Gasteiger partial charge in [-0.25, -0.2) is 4.79 Å². The second-order valence-corrected chi connectivity index (χ2v) is 6.46. The fraction of sp³-hybridized carbons (Fsp3) is 0.588. The van der Waals surface area contributed by atoms with Crippen molar-refractivity contribution >= 4 is 6.09 Å². The van der Waals surface area contributed by atoms with E-state index in [4.69, 9.17) is 9.47 Å². The Morgan fingerprint density at radius 2 is 1.91 bits per heavy atom. The first-order valence-corrected chi connectivity index (χ1v) is 7.79. The monoisotopic (exact) mass is 306 g/mol. The second kappa shape index (κ2) is 7.61. The van der Waals surface area contributed by atoms with Gasteiger partial charge in [0, 0.05) is 19.6 Å². The Labute approximate surface area is 132 Å². The third-order valence-electron chi connectivity index (χ3n) is 3.51. The molecule has 5 heteroatoms. The number of nitrogens with zero attached hydrogens (tertiary/aromatic N) is 1. The van der Waals surface area contributed by atoms with Crippen LogP contribution in [0, 0.1) is 0 Å². The maximum absolute atomic E-state index is 11.9. The molecule has 0 unspecified atom stereocenters. The molecule has 1 aliphatic heterocycles. The van der Waals surface area contributed by atoms with Gasteiger partial charge in [-0.2, -0.15) is 0 Å². The van der Waals surface area contributed by atoms with Crippen molar-refractivity contribution in [2.75, 3.05) is 32.8 Å². The maximum atomic E-state index is 11.9. The number of benzene rings is 1. The van der Waals surface area contributed by atoms with Crippen LogP contribution < -0.4 is 5.32 Å². The van der Waals surface area contributed by atoms with Crippen LogP contribution in [0.4, 0.5) is 4.79 Å². The van der Waals surface area contributed by atoms with Crippen molar-refractivity contribution < 1.29 is 14.3 Å². The van der Waals surface area contributed by atoms with Gasteiger partial charge in [0.1, 0.15) is 5.60 Å². The number of morpholine rings is 1. The third-order valence-corrected chi connectivity index (χ3v) is 3.51. The molecule has 1 aromatic carbocycles. The number of rotatable bonds is 4. The van der Waals surface area contributed by atoms with E-state index >= 15 is 0 Å². The molecule has 0 aromatic heterocycles. The number of ether oxygens (including phenoxy) is 2. The normalized spacial score (nSPS) is 17.8. The van der Waals surface area contributed by atoms with E-state index in [1.54, 1.807) is 0 Å². The summed E-state index contributed by atoms with van der Waals surface area (Å²) in [4.78, 5) is 14.2. The average molecular weight is 306 g/mol. The predicted molar refractivity (Wildman–Crippen MR) is 85.8 cm³/mol. The van der Waals surface area contributed by atoms with Gasteiger partial charge in [-0.15, -0.1) is 0 Å². The first-order chi connectivity index (χ1) is 10.5. The van der Waals surface area contributed by atoms with Crippen LogP contribution in [-0.2, 0) is 9.47 Å². The molecule has 1 fully saturated rings. The minimum absolute atomic E-state index is 0.137. The third kappa shape index (κ3) is 5.31. The van der Waals surface area contributed by atoms with Crippen LogP contribution in [0.2, 0.25) is 0 Å². The number of alkyl carbamates (subject to hydrolysis) is 1. The second-order valence-electron chi connectivity index (χ2n) is 6.46. The molecular weight excluding hydrogens is 280 g/mol. The highest BCUT2D eigenvalue weighted by molar-refractivity contribution is 5.67. The van der Waals surface area contributed by atoms with Gasteiger partial charge in [-0.1, -0.05) is 30.3 Å².